The number of benzene rings is 1. The van der Waals surface area contributed by atoms with Gasteiger partial charge >= 0.3 is 6.61 Å². The Labute approximate surface area is 99.5 Å². The molecule has 0 unspecified atom stereocenters. The van der Waals surface area contributed by atoms with E-state index in [0.29, 0.717) is 5.75 Å². The van der Waals surface area contributed by atoms with Gasteiger partial charge in [0.1, 0.15) is 0 Å². The zero-order chi connectivity index (χ0) is 11.4. The fourth-order valence-electron chi connectivity index (χ4n) is 1.09. The molecule has 0 saturated carbocycles. The summed E-state index contributed by atoms with van der Waals surface area (Å²) in [4.78, 5) is 0. The third-order valence-electron chi connectivity index (χ3n) is 1.65. The highest BCUT2D eigenvalue weighted by Crippen LogP contribution is 2.40. The summed E-state index contributed by atoms with van der Waals surface area (Å²) >= 11 is 2.01. The van der Waals surface area contributed by atoms with E-state index in [1.165, 1.54) is 20.3 Å². The summed E-state index contributed by atoms with van der Waals surface area (Å²) in [6.07, 6.45) is 0. The number of hydrogen-bond acceptors (Lipinski definition) is 3. The van der Waals surface area contributed by atoms with Crippen LogP contribution in [0.1, 0.15) is 0 Å². The van der Waals surface area contributed by atoms with Gasteiger partial charge in [0.05, 0.1) is 17.8 Å². The summed E-state index contributed by atoms with van der Waals surface area (Å²) in [5.41, 5.74) is 0. The Morgan fingerprint density at radius 1 is 1.13 bits per heavy atom. The van der Waals surface area contributed by atoms with Crippen molar-refractivity contribution in [3.63, 3.8) is 0 Å². The average molecular weight is 330 g/mol. The summed E-state index contributed by atoms with van der Waals surface area (Å²) in [7, 11) is 2.80. The highest BCUT2D eigenvalue weighted by molar-refractivity contribution is 14.1. The fraction of sp³-hybridized carbons (Fsp3) is 0.333. The van der Waals surface area contributed by atoms with E-state index in [9.17, 15) is 8.78 Å². The summed E-state index contributed by atoms with van der Waals surface area (Å²) < 4.78 is 39.1. The van der Waals surface area contributed by atoms with Gasteiger partial charge in [-0.15, -0.1) is 0 Å². The van der Waals surface area contributed by atoms with Crippen molar-refractivity contribution in [2.24, 2.45) is 0 Å². The van der Waals surface area contributed by atoms with E-state index < -0.39 is 6.61 Å². The van der Waals surface area contributed by atoms with Gasteiger partial charge in [-0.1, -0.05) is 0 Å². The second-order valence-electron chi connectivity index (χ2n) is 2.49. The maximum absolute atomic E-state index is 12.1. The van der Waals surface area contributed by atoms with Crippen LogP contribution in [0.5, 0.6) is 17.2 Å². The molecule has 3 nitrogen and oxygen atoms in total. The van der Waals surface area contributed by atoms with Crippen LogP contribution in [0.15, 0.2) is 12.1 Å². The second kappa shape index (κ2) is 5.34. The van der Waals surface area contributed by atoms with Gasteiger partial charge in [-0.3, -0.25) is 0 Å². The van der Waals surface area contributed by atoms with Crippen LogP contribution in [0.3, 0.4) is 0 Å². The first kappa shape index (κ1) is 12.3. The van der Waals surface area contributed by atoms with E-state index in [2.05, 4.69) is 4.74 Å². The Kier molecular flexibility index (Phi) is 4.37. The Bertz CT molecular complexity index is 344. The van der Waals surface area contributed by atoms with E-state index in [1.54, 1.807) is 6.07 Å². The minimum Gasteiger partial charge on any atom is -0.492 e. The van der Waals surface area contributed by atoms with Crippen molar-refractivity contribution in [3.8, 4) is 17.2 Å². The van der Waals surface area contributed by atoms with Gasteiger partial charge in [-0.25, -0.2) is 0 Å². The first-order valence-corrected chi connectivity index (χ1v) is 5.03. The van der Waals surface area contributed by atoms with Crippen LogP contribution in [-0.2, 0) is 0 Å². The molecule has 0 saturated heterocycles. The van der Waals surface area contributed by atoms with Crippen molar-refractivity contribution in [2.75, 3.05) is 14.2 Å². The molecule has 0 heterocycles. The van der Waals surface area contributed by atoms with Gasteiger partial charge in [0, 0.05) is 0 Å². The smallest absolute Gasteiger partial charge is 0.387 e. The molecule has 84 valence electrons. The third-order valence-corrected chi connectivity index (χ3v) is 2.50. The Balaban J connectivity index is 3.16. The van der Waals surface area contributed by atoms with E-state index in [0.717, 1.165) is 3.57 Å². The van der Waals surface area contributed by atoms with Crippen molar-refractivity contribution in [1.82, 2.24) is 0 Å². The van der Waals surface area contributed by atoms with E-state index >= 15 is 0 Å². The van der Waals surface area contributed by atoms with E-state index in [-0.39, 0.29) is 11.5 Å². The molecule has 0 N–H and O–H groups in total. The zero-order valence-electron chi connectivity index (χ0n) is 8.09. The lowest BCUT2D eigenvalue weighted by Gasteiger charge is -2.14. The molecule has 0 radical (unpaired) electrons. The molecule has 0 fully saturated rings. The number of hydrogen-bond donors (Lipinski definition) is 0. The van der Waals surface area contributed by atoms with Gasteiger partial charge in [0.2, 0.25) is 5.75 Å². The van der Waals surface area contributed by atoms with Crippen LogP contribution < -0.4 is 14.2 Å². The van der Waals surface area contributed by atoms with Crippen LogP contribution in [0.4, 0.5) is 8.78 Å². The first-order valence-electron chi connectivity index (χ1n) is 3.95. The van der Waals surface area contributed by atoms with Gasteiger partial charge in [-0.05, 0) is 34.7 Å². The summed E-state index contributed by atoms with van der Waals surface area (Å²) in [5, 5.41) is 0. The number of ether oxygens (including phenoxy) is 3. The molecule has 0 aliphatic heterocycles. The Morgan fingerprint density at radius 2 is 1.73 bits per heavy atom. The summed E-state index contributed by atoms with van der Waals surface area (Å²) in [6, 6.07) is 3.02. The molecule has 0 aromatic heterocycles. The molecule has 15 heavy (non-hydrogen) atoms. The highest BCUT2D eigenvalue weighted by Gasteiger charge is 2.17. The molecule has 0 spiro atoms. The molecule has 0 aliphatic rings. The number of halogens is 3. The molecule has 1 aromatic carbocycles. The minimum absolute atomic E-state index is 0.0373. The van der Waals surface area contributed by atoms with E-state index in [4.69, 9.17) is 9.47 Å². The Morgan fingerprint density at radius 3 is 2.20 bits per heavy atom. The number of alkyl halides is 2. The molecule has 6 heteroatoms. The predicted octanol–water partition coefficient (Wildman–Crippen LogP) is 2.91. The monoisotopic (exact) mass is 330 g/mol. The van der Waals surface area contributed by atoms with Crippen LogP contribution in [0.2, 0.25) is 0 Å². The van der Waals surface area contributed by atoms with Gasteiger partial charge in [0.15, 0.2) is 11.5 Å². The predicted molar refractivity (Wildman–Crippen MR) is 58.9 cm³/mol. The quantitative estimate of drug-likeness (QED) is 0.795. The topological polar surface area (TPSA) is 27.7 Å². The Hall–Kier alpha value is -0.790. The van der Waals surface area contributed by atoms with Gasteiger partial charge in [-0.2, -0.15) is 8.78 Å². The SMILES string of the molecule is COc1c(I)ccc(OC(F)F)c1OC. The lowest BCUT2D eigenvalue weighted by molar-refractivity contribution is -0.0513. The normalized spacial score (nSPS) is 10.3. The highest BCUT2D eigenvalue weighted by atomic mass is 127. The minimum atomic E-state index is -2.89. The van der Waals surface area contributed by atoms with Crippen molar-refractivity contribution in [2.45, 2.75) is 6.61 Å². The van der Waals surface area contributed by atoms with Crippen LogP contribution >= 0.6 is 22.6 Å². The molecular formula is C9H9F2IO3. The standard InChI is InChI=1S/C9H9F2IO3/c1-13-7-5(12)3-4-6(8(7)14-2)15-9(10)11/h3-4,9H,1-2H3. The largest absolute Gasteiger partial charge is 0.492 e. The third kappa shape index (κ3) is 2.83. The number of rotatable bonds is 4. The van der Waals surface area contributed by atoms with Gasteiger partial charge < -0.3 is 14.2 Å². The van der Waals surface area contributed by atoms with Gasteiger partial charge in [0.25, 0.3) is 0 Å². The summed E-state index contributed by atoms with van der Waals surface area (Å²) in [6.45, 7) is -2.89. The maximum atomic E-state index is 12.1. The number of methoxy groups -OCH3 is 2. The lowest BCUT2D eigenvalue weighted by atomic mass is 10.3. The van der Waals surface area contributed by atoms with Crippen molar-refractivity contribution in [1.29, 1.82) is 0 Å². The van der Waals surface area contributed by atoms with Crippen LogP contribution in [0.25, 0.3) is 0 Å². The maximum Gasteiger partial charge on any atom is 0.387 e. The van der Waals surface area contributed by atoms with Crippen molar-refractivity contribution >= 4 is 22.6 Å². The van der Waals surface area contributed by atoms with Crippen molar-refractivity contribution in [3.05, 3.63) is 15.7 Å². The van der Waals surface area contributed by atoms with Crippen molar-refractivity contribution < 1.29 is 23.0 Å². The fourth-order valence-corrected chi connectivity index (χ4v) is 1.74. The second-order valence-corrected chi connectivity index (χ2v) is 3.65. The van der Waals surface area contributed by atoms with Crippen LogP contribution in [0, 0.1) is 3.57 Å². The average Bonchev–Trinajstić information content (AvgIpc) is 2.19. The molecule has 1 rings (SSSR count). The molecule has 0 aliphatic carbocycles. The zero-order valence-corrected chi connectivity index (χ0v) is 10.2. The molecule has 0 bridgehead atoms. The van der Waals surface area contributed by atoms with E-state index in [1.807, 2.05) is 22.6 Å². The molecule has 0 atom stereocenters. The summed E-state index contributed by atoms with van der Waals surface area (Å²) in [5.74, 6) is 0.519. The molecule has 1 aromatic rings. The van der Waals surface area contributed by atoms with Crippen LogP contribution in [-0.4, -0.2) is 20.8 Å². The lowest BCUT2D eigenvalue weighted by Crippen LogP contribution is -2.04. The molecular weight excluding hydrogens is 321 g/mol. The first-order chi connectivity index (χ1) is 7.10. The molecule has 0 amide bonds.